The van der Waals surface area contributed by atoms with Crippen LogP contribution in [0.4, 0.5) is 5.69 Å². The highest BCUT2D eigenvalue weighted by molar-refractivity contribution is 5.90. The van der Waals surface area contributed by atoms with Crippen molar-refractivity contribution in [1.29, 1.82) is 0 Å². The van der Waals surface area contributed by atoms with Crippen LogP contribution >= 0.6 is 0 Å². The van der Waals surface area contributed by atoms with Gasteiger partial charge in [0.1, 0.15) is 0 Å². The van der Waals surface area contributed by atoms with Gasteiger partial charge in [-0.15, -0.1) is 0 Å². The molecule has 0 radical (unpaired) electrons. The van der Waals surface area contributed by atoms with Crippen molar-refractivity contribution in [2.45, 2.75) is 58.3 Å². The van der Waals surface area contributed by atoms with Crippen LogP contribution in [0, 0.1) is 0 Å². The number of amides is 1. The molecule has 0 aromatic carbocycles. The minimum absolute atomic E-state index is 0.106. The molecular formula is C15H24N2O. The van der Waals surface area contributed by atoms with Crippen molar-refractivity contribution in [3.8, 4) is 0 Å². The summed E-state index contributed by atoms with van der Waals surface area (Å²) in [6, 6.07) is 3.62. The molecule has 1 N–H and O–H groups in total. The van der Waals surface area contributed by atoms with E-state index in [1.165, 1.54) is 32.1 Å². The molecule has 1 heterocycles. The van der Waals surface area contributed by atoms with Crippen molar-refractivity contribution in [2.75, 3.05) is 5.32 Å². The van der Waals surface area contributed by atoms with E-state index in [9.17, 15) is 4.79 Å². The molecule has 3 heteroatoms. The number of hydrogen-bond donors (Lipinski definition) is 1. The monoisotopic (exact) mass is 248 g/mol. The number of nitrogens with one attached hydrogen (secondary N) is 1. The predicted molar refractivity (Wildman–Crippen MR) is 75.5 cm³/mol. The predicted octanol–water partition coefficient (Wildman–Crippen LogP) is 4.16. The second-order valence-corrected chi connectivity index (χ2v) is 4.66. The average molecular weight is 248 g/mol. The van der Waals surface area contributed by atoms with Gasteiger partial charge in [0.15, 0.2) is 0 Å². The van der Waals surface area contributed by atoms with Crippen LogP contribution in [0.2, 0.25) is 0 Å². The van der Waals surface area contributed by atoms with Crippen LogP contribution < -0.4 is 5.32 Å². The van der Waals surface area contributed by atoms with E-state index < -0.39 is 0 Å². The molecule has 0 bridgehead atoms. The van der Waals surface area contributed by atoms with E-state index in [-0.39, 0.29) is 5.91 Å². The quantitative estimate of drug-likeness (QED) is 0.667. The minimum atomic E-state index is 0.106. The Morgan fingerprint density at radius 3 is 2.33 bits per heavy atom. The van der Waals surface area contributed by atoms with Gasteiger partial charge in [-0.2, -0.15) is 0 Å². The van der Waals surface area contributed by atoms with Crippen LogP contribution in [0.1, 0.15) is 58.3 Å². The lowest BCUT2D eigenvalue weighted by atomic mass is 10.1. The minimum Gasteiger partial charge on any atom is -0.326 e. The molecule has 0 saturated heterocycles. The first-order chi connectivity index (χ1) is 8.83. The number of aromatic nitrogens is 1. The fraction of sp³-hybridized carbons (Fsp3) is 0.600. The van der Waals surface area contributed by atoms with Crippen LogP contribution in [0.25, 0.3) is 0 Å². The Morgan fingerprint density at radius 2 is 1.67 bits per heavy atom. The van der Waals surface area contributed by atoms with Crippen molar-refractivity contribution < 1.29 is 4.79 Å². The smallest absolute Gasteiger partial charge is 0.224 e. The summed E-state index contributed by atoms with van der Waals surface area (Å²) in [5, 5.41) is 2.87. The van der Waals surface area contributed by atoms with Gasteiger partial charge in [0.25, 0.3) is 0 Å². The Kier molecular flexibility index (Phi) is 7.85. The Bertz CT molecular complexity index is 325. The Labute approximate surface area is 110 Å². The number of unbranched alkanes of at least 4 members (excludes halogenated alkanes) is 6. The summed E-state index contributed by atoms with van der Waals surface area (Å²) in [7, 11) is 0. The van der Waals surface area contributed by atoms with Gasteiger partial charge in [-0.1, -0.05) is 45.4 Å². The van der Waals surface area contributed by atoms with Gasteiger partial charge in [0.05, 0.1) is 0 Å². The summed E-state index contributed by atoms with van der Waals surface area (Å²) in [5.41, 5.74) is 0.831. The first-order valence-corrected chi connectivity index (χ1v) is 7.03. The highest BCUT2D eigenvalue weighted by Crippen LogP contribution is 2.10. The zero-order valence-electron chi connectivity index (χ0n) is 11.3. The van der Waals surface area contributed by atoms with E-state index in [1.54, 1.807) is 12.4 Å². The molecule has 1 aromatic rings. The first-order valence-electron chi connectivity index (χ1n) is 7.03. The molecule has 0 atom stereocenters. The lowest BCUT2D eigenvalue weighted by Crippen LogP contribution is -2.10. The fourth-order valence-electron chi connectivity index (χ4n) is 1.90. The van der Waals surface area contributed by atoms with Gasteiger partial charge in [0.2, 0.25) is 5.91 Å². The highest BCUT2D eigenvalue weighted by Gasteiger charge is 2.01. The van der Waals surface area contributed by atoms with E-state index in [4.69, 9.17) is 0 Å². The molecule has 3 nitrogen and oxygen atoms in total. The summed E-state index contributed by atoms with van der Waals surface area (Å²) in [5.74, 6) is 0.106. The number of hydrogen-bond acceptors (Lipinski definition) is 2. The van der Waals surface area contributed by atoms with Crippen molar-refractivity contribution >= 4 is 11.6 Å². The lowest BCUT2D eigenvalue weighted by molar-refractivity contribution is -0.116. The standard InChI is InChI=1S/C15H24N2O/c1-2-3-4-5-6-7-8-9-15(18)17-14-10-12-16-13-11-14/h10-13H,2-9H2,1H3,(H,16,17,18). The van der Waals surface area contributed by atoms with Gasteiger partial charge in [0, 0.05) is 24.5 Å². The maximum absolute atomic E-state index is 11.6. The molecule has 0 fully saturated rings. The Morgan fingerprint density at radius 1 is 1.06 bits per heavy atom. The molecule has 0 saturated carbocycles. The van der Waals surface area contributed by atoms with Gasteiger partial charge in [-0.25, -0.2) is 0 Å². The normalized spacial score (nSPS) is 10.3. The van der Waals surface area contributed by atoms with Crippen LogP contribution in [0.15, 0.2) is 24.5 Å². The summed E-state index contributed by atoms with van der Waals surface area (Å²) >= 11 is 0. The van der Waals surface area contributed by atoms with Crippen LogP contribution in [0.5, 0.6) is 0 Å². The molecule has 1 rings (SSSR count). The van der Waals surface area contributed by atoms with Gasteiger partial charge >= 0.3 is 0 Å². The second kappa shape index (κ2) is 9.63. The number of nitrogens with zero attached hydrogens (tertiary/aromatic N) is 1. The molecule has 0 aliphatic rings. The van der Waals surface area contributed by atoms with Gasteiger partial charge in [-0.05, 0) is 18.6 Å². The topological polar surface area (TPSA) is 42.0 Å². The molecule has 0 aliphatic carbocycles. The molecule has 18 heavy (non-hydrogen) atoms. The van der Waals surface area contributed by atoms with Crippen molar-refractivity contribution in [3.63, 3.8) is 0 Å². The van der Waals surface area contributed by atoms with E-state index in [1.807, 2.05) is 12.1 Å². The van der Waals surface area contributed by atoms with Crippen molar-refractivity contribution in [3.05, 3.63) is 24.5 Å². The molecule has 0 spiro atoms. The summed E-state index contributed by atoms with van der Waals surface area (Å²) in [4.78, 5) is 15.5. The number of carbonyl (C=O) groups excluding carboxylic acids is 1. The number of rotatable bonds is 9. The fourth-order valence-corrected chi connectivity index (χ4v) is 1.90. The number of pyridine rings is 1. The maximum Gasteiger partial charge on any atom is 0.224 e. The largest absolute Gasteiger partial charge is 0.326 e. The van der Waals surface area contributed by atoms with E-state index >= 15 is 0 Å². The third-order valence-corrected chi connectivity index (χ3v) is 2.97. The summed E-state index contributed by atoms with van der Waals surface area (Å²) < 4.78 is 0. The van der Waals surface area contributed by atoms with Gasteiger partial charge < -0.3 is 5.32 Å². The van der Waals surface area contributed by atoms with Crippen molar-refractivity contribution in [1.82, 2.24) is 4.98 Å². The van der Waals surface area contributed by atoms with Gasteiger partial charge in [-0.3, -0.25) is 9.78 Å². The first kappa shape index (κ1) is 14.7. The Balaban J connectivity index is 2.00. The van der Waals surface area contributed by atoms with Crippen LogP contribution in [-0.4, -0.2) is 10.9 Å². The molecule has 0 unspecified atom stereocenters. The second-order valence-electron chi connectivity index (χ2n) is 4.66. The molecule has 100 valence electrons. The molecular weight excluding hydrogens is 224 g/mol. The maximum atomic E-state index is 11.6. The average Bonchev–Trinajstić information content (AvgIpc) is 2.39. The Hall–Kier alpha value is -1.38. The van der Waals surface area contributed by atoms with Crippen LogP contribution in [0.3, 0.4) is 0 Å². The lowest BCUT2D eigenvalue weighted by Gasteiger charge is -2.04. The van der Waals surface area contributed by atoms with E-state index in [0.29, 0.717) is 6.42 Å². The third kappa shape index (κ3) is 7.05. The van der Waals surface area contributed by atoms with E-state index in [0.717, 1.165) is 18.5 Å². The SMILES string of the molecule is CCCCCCCCCC(=O)Nc1ccncc1. The molecule has 1 aromatic heterocycles. The third-order valence-electron chi connectivity index (χ3n) is 2.97. The van der Waals surface area contributed by atoms with Crippen molar-refractivity contribution in [2.24, 2.45) is 0 Å². The molecule has 1 amide bonds. The van der Waals surface area contributed by atoms with Crippen LogP contribution in [-0.2, 0) is 4.79 Å². The van der Waals surface area contributed by atoms with E-state index in [2.05, 4.69) is 17.2 Å². The summed E-state index contributed by atoms with van der Waals surface area (Å²) in [6.07, 6.45) is 12.7. The number of anilines is 1. The highest BCUT2D eigenvalue weighted by atomic mass is 16.1. The zero-order chi connectivity index (χ0) is 13.1. The molecule has 0 aliphatic heterocycles. The zero-order valence-corrected chi connectivity index (χ0v) is 11.3. The number of carbonyl (C=O) groups is 1. The summed E-state index contributed by atoms with van der Waals surface area (Å²) in [6.45, 7) is 2.23.